The van der Waals surface area contributed by atoms with Gasteiger partial charge in [-0.3, -0.25) is 0 Å². The number of allylic oxidation sites excluding steroid dienone is 1. The van der Waals surface area contributed by atoms with Gasteiger partial charge in [-0.2, -0.15) is 10.5 Å². The Morgan fingerprint density at radius 1 is 1.18 bits per heavy atom. The van der Waals surface area contributed by atoms with Crippen molar-refractivity contribution in [2.75, 3.05) is 13.1 Å². The summed E-state index contributed by atoms with van der Waals surface area (Å²) in [6.07, 6.45) is 1.69. The van der Waals surface area contributed by atoms with Gasteiger partial charge in [-0.05, 0) is 31.5 Å². The zero-order chi connectivity index (χ0) is 8.10. The minimum atomic E-state index is 0.312. The lowest BCUT2D eigenvalue weighted by atomic mass is 10.0. The Hall–Kier alpha value is -1.32. The lowest BCUT2D eigenvalue weighted by Gasteiger charge is -2.14. The van der Waals surface area contributed by atoms with Crippen molar-refractivity contribution in [1.82, 2.24) is 5.32 Å². The second kappa shape index (κ2) is 3.75. The zero-order valence-corrected chi connectivity index (χ0v) is 6.22. The summed E-state index contributed by atoms with van der Waals surface area (Å²) in [7, 11) is 0. The van der Waals surface area contributed by atoms with Gasteiger partial charge in [0.15, 0.2) is 0 Å². The molecule has 1 saturated heterocycles. The number of nitrogens with zero attached hydrogens (tertiary/aromatic N) is 2. The third-order valence-electron chi connectivity index (χ3n) is 1.78. The Kier molecular flexibility index (Phi) is 2.66. The van der Waals surface area contributed by atoms with E-state index >= 15 is 0 Å². The zero-order valence-electron chi connectivity index (χ0n) is 6.22. The predicted molar refractivity (Wildman–Crippen MR) is 40.4 cm³/mol. The molecular formula is C8H9N3. The summed E-state index contributed by atoms with van der Waals surface area (Å²) in [5.74, 6) is 0. The maximum atomic E-state index is 8.53. The van der Waals surface area contributed by atoms with Gasteiger partial charge in [0.05, 0.1) is 0 Å². The molecule has 0 saturated carbocycles. The first-order chi connectivity index (χ1) is 5.38. The summed E-state index contributed by atoms with van der Waals surface area (Å²) in [4.78, 5) is 0. The highest BCUT2D eigenvalue weighted by atomic mass is 14.9. The average molecular weight is 147 g/mol. The second-order valence-corrected chi connectivity index (χ2v) is 2.45. The van der Waals surface area contributed by atoms with E-state index < -0.39 is 0 Å². The van der Waals surface area contributed by atoms with Crippen LogP contribution in [0.2, 0.25) is 0 Å². The number of nitriles is 2. The molecule has 3 nitrogen and oxygen atoms in total. The average Bonchev–Trinajstić information content (AvgIpc) is 2.09. The Morgan fingerprint density at radius 2 is 1.73 bits per heavy atom. The van der Waals surface area contributed by atoms with E-state index in [0.29, 0.717) is 5.57 Å². The van der Waals surface area contributed by atoms with Crippen molar-refractivity contribution in [2.45, 2.75) is 12.8 Å². The highest BCUT2D eigenvalue weighted by Gasteiger charge is 2.09. The van der Waals surface area contributed by atoms with E-state index in [1.807, 2.05) is 12.1 Å². The Labute approximate surface area is 65.9 Å². The minimum absolute atomic E-state index is 0.312. The Morgan fingerprint density at radius 3 is 2.18 bits per heavy atom. The summed E-state index contributed by atoms with van der Waals surface area (Å²) in [6, 6.07) is 3.82. The monoisotopic (exact) mass is 147 g/mol. The molecular weight excluding hydrogens is 138 g/mol. The van der Waals surface area contributed by atoms with Crippen molar-refractivity contribution in [2.24, 2.45) is 0 Å². The van der Waals surface area contributed by atoms with Crippen LogP contribution in [0, 0.1) is 22.7 Å². The van der Waals surface area contributed by atoms with Crippen LogP contribution < -0.4 is 5.32 Å². The van der Waals surface area contributed by atoms with Crippen LogP contribution in [0.4, 0.5) is 0 Å². The number of piperidine rings is 1. The maximum absolute atomic E-state index is 8.53. The normalized spacial score (nSPS) is 16.7. The van der Waals surface area contributed by atoms with Gasteiger partial charge in [-0.1, -0.05) is 0 Å². The van der Waals surface area contributed by atoms with Gasteiger partial charge in [0.1, 0.15) is 17.7 Å². The molecule has 0 aromatic rings. The largest absolute Gasteiger partial charge is 0.316 e. The van der Waals surface area contributed by atoms with E-state index in [-0.39, 0.29) is 0 Å². The van der Waals surface area contributed by atoms with Gasteiger partial charge < -0.3 is 5.32 Å². The molecule has 0 atom stereocenters. The molecule has 11 heavy (non-hydrogen) atoms. The van der Waals surface area contributed by atoms with E-state index in [9.17, 15) is 0 Å². The SMILES string of the molecule is N#CC(C#N)=C1CCNCC1. The Balaban J connectivity index is 2.77. The van der Waals surface area contributed by atoms with Crippen molar-refractivity contribution < 1.29 is 0 Å². The van der Waals surface area contributed by atoms with E-state index in [1.165, 1.54) is 0 Å². The molecule has 0 aromatic carbocycles. The van der Waals surface area contributed by atoms with Gasteiger partial charge in [0.25, 0.3) is 0 Å². The highest BCUT2D eigenvalue weighted by Crippen LogP contribution is 2.14. The van der Waals surface area contributed by atoms with Gasteiger partial charge >= 0.3 is 0 Å². The molecule has 0 aliphatic carbocycles. The van der Waals surface area contributed by atoms with Crippen molar-refractivity contribution in [1.29, 1.82) is 10.5 Å². The molecule has 0 unspecified atom stereocenters. The van der Waals surface area contributed by atoms with Crippen LogP contribution in [0.1, 0.15) is 12.8 Å². The van der Waals surface area contributed by atoms with Crippen LogP contribution in [0.15, 0.2) is 11.1 Å². The third kappa shape index (κ3) is 1.80. The van der Waals surface area contributed by atoms with Crippen LogP contribution >= 0.6 is 0 Å². The summed E-state index contributed by atoms with van der Waals surface area (Å²) >= 11 is 0. The molecule has 3 heteroatoms. The van der Waals surface area contributed by atoms with Crippen molar-refractivity contribution in [3.05, 3.63) is 11.1 Å². The molecule has 0 spiro atoms. The van der Waals surface area contributed by atoms with Crippen molar-refractivity contribution in [3.8, 4) is 12.1 Å². The fourth-order valence-electron chi connectivity index (χ4n) is 1.16. The predicted octanol–water partition coefficient (Wildman–Crippen LogP) is 0.714. The van der Waals surface area contributed by atoms with Crippen LogP contribution in [0.25, 0.3) is 0 Å². The summed E-state index contributed by atoms with van der Waals surface area (Å²) in [5, 5.41) is 20.2. The molecule has 1 aliphatic heterocycles. The van der Waals surface area contributed by atoms with Gasteiger partial charge in [-0.25, -0.2) is 0 Å². The van der Waals surface area contributed by atoms with E-state index in [0.717, 1.165) is 31.5 Å². The van der Waals surface area contributed by atoms with Crippen LogP contribution in [-0.2, 0) is 0 Å². The molecule has 1 fully saturated rings. The molecule has 0 bridgehead atoms. The quantitative estimate of drug-likeness (QED) is 0.513. The molecule has 1 N–H and O–H groups in total. The molecule has 1 heterocycles. The van der Waals surface area contributed by atoms with E-state index in [4.69, 9.17) is 10.5 Å². The topological polar surface area (TPSA) is 59.6 Å². The van der Waals surface area contributed by atoms with Crippen molar-refractivity contribution >= 4 is 0 Å². The third-order valence-corrected chi connectivity index (χ3v) is 1.78. The number of nitrogens with one attached hydrogen (secondary N) is 1. The molecule has 0 radical (unpaired) electrons. The smallest absolute Gasteiger partial charge is 0.128 e. The molecule has 1 rings (SSSR count). The standard InChI is InChI=1S/C8H9N3/c9-5-8(6-10)7-1-3-11-4-2-7/h11H,1-4H2. The molecule has 0 amide bonds. The van der Waals surface area contributed by atoms with Crippen molar-refractivity contribution in [3.63, 3.8) is 0 Å². The Bertz CT molecular complexity index is 227. The fraction of sp³-hybridized carbons (Fsp3) is 0.500. The number of hydrogen-bond donors (Lipinski definition) is 1. The first-order valence-corrected chi connectivity index (χ1v) is 3.61. The fourth-order valence-corrected chi connectivity index (χ4v) is 1.16. The van der Waals surface area contributed by atoms with Gasteiger partial charge in [0.2, 0.25) is 0 Å². The lowest BCUT2D eigenvalue weighted by Crippen LogP contribution is -2.23. The summed E-state index contributed by atoms with van der Waals surface area (Å²) < 4.78 is 0. The first-order valence-electron chi connectivity index (χ1n) is 3.61. The highest BCUT2D eigenvalue weighted by molar-refractivity contribution is 5.40. The van der Waals surface area contributed by atoms with Crippen LogP contribution in [0.3, 0.4) is 0 Å². The minimum Gasteiger partial charge on any atom is -0.316 e. The first kappa shape index (κ1) is 7.78. The van der Waals surface area contributed by atoms with Gasteiger partial charge in [0, 0.05) is 0 Å². The van der Waals surface area contributed by atoms with Crippen LogP contribution in [-0.4, -0.2) is 13.1 Å². The summed E-state index contributed by atoms with van der Waals surface area (Å²) in [5.41, 5.74) is 1.32. The number of hydrogen-bond acceptors (Lipinski definition) is 3. The van der Waals surface area contributed by atoms with Crippen LogP contribution in [0.5, 0.6) is 0 Å². The lowest BCUT2D eigenvalue weighted by molar-refractivity contribution is 0.608. The molecule has 56 valence electrons. The second-order valence-electron chi connectivity index (χ2n) is 2.45. The van der Waals surface area contributed by atoms with Gasteiger partial charge in [-0.15, -0.1) is 0 Å². The number of rotatable bonds is 0. The van der Waals surface area contributed by atoms with E-state index in [2.05, 4.69) is 5.32 Å². The summed E-state index contributed by atoms with van der Waals surface area (Å²) in [6.45, 7) is 1.78. The van der Waals surface area contributed by atoms with E-state index in [1.54, 1.807) is 0 Å². The molecule has 0 aromatic heterocycles. The maximum Gasteiger partial charge on any atom is 0.128 e. The molecule has 1 aliphatic rings.